The van der Waals surface area contributed by atoms with Crippen LogP contribution in [0.15, 0.2) is 48.9 Å². The number of nitrogens with zero attached hydrogens (tertiary/aromatic N) is 4. The maximum absolute atomic E-state index is 12.5. The first-order valence-corrected chi connectivity index (χ1v) is 8.08. The van der Waals surface area contributed by atoms with Crippen LogP contribution >= 0.6 is 0 Å². The second-order valence-corrected chi connectivity index (χ2v) is 6.56. The molecular formula is C18H18N4O2. The third-order valence-electron chi connectivity index (χ3n) is 4.90. The number of rotatable bonds is 2. The highest BCUT2D eigenvalue weighted by atomic mass is 16.2. The first kappa shape index (κ1) is 14.8. The standard InChI is InChI=1S/C18H18N4O2/c23-16-10-18(13-22(16)14-4-2-1-3-5-14)6-9-21(12-18)17(24)15-11-19-7-8-20-15/h1-5,7-8,11H,6,9-10,12-13H2/t18-/m1/s1. The van der Waals surface area contributed by atoms with Gasteiger partial charge in [0, 0.05) is 49.6 Å². The van der Waals surface area contributed by atoms with Crippen LogP contribution in [-0.2, 0) is 4.79 Å². The summed E-state index contributed by atoms with van der Waals surface area (Å²) in [5, 5.41) is 0. The Kier molecular flexibility index (Phi) is 3.52. The Morgan fingerprint density at radius 2 is 1.96 bits per heavy atom. The first-order valence-electron chi connectivity index (χ1n) is 8.08. The Morgan fingerprint density at radius 3 is 2.71 bits per heavy atom. The van der Waals surface area contributed by atoms with Crippen LogP contribution in [0.5, 0.6) is 0 Å². The summed E-state index contributed by atoms with van der Waals surface area (Å²) in [5.74, 6) is 0.0283. The van der Waals surface area contributed by atoms with Crippen molar-refractivity contribution >= 4 is 17.5 Å². The average molecular weight is 322 g/mol. The maximum Gasteiger partial charge on any atom is 0.274 e. The molecule has 3 heterocycles. The molecule has 2 amide bonds. The summed E-state index contributed by atoms with van der Waals surface area (Å²) in [6.45, 7) is 1.92. The Balaban J connectivity index is 1.50. The fourth-order valence-corrected chi connectivity index (χ4v) is 3.69. The molecule has 4 rings (SSSR count). The molecule has 2 fully saturated rings. The lowest BCUT2D eigenvalue weighted by Crippen LogP contribution is -2.34. The number of para-hydroxylation sites is 1. The van der Waals surface area contributed by atoms with Gasteiger partial charge in [0.2, 0.25) is 5.91 Å². The summed E-state index contributed by atoms with van der Waals surface area (Å²) < 4.78 is 0. The molecule has 24 heavy (non-hydrogen) atoms. The third kappa shape index (κ3) is 2.54. The molecular weight excluding hydrogens is 304 g/mol. The molecule has 0 N–H and O–H groups in total. The molecule has 6 nitrogen and oxygen atoms in total. The number of aromatic nitrogens is 2. The summed E-state index contributed by atoms with van der Waals surface area (Å²) in [7, 11) is 0. The normalized spacial score (nSPS) is 23.2. The quantitative estimate of drug-likeness (QED) is 0.845. The van der Waals surface area contributed by atoms with E-state index in [1.54, 1.807) is 11.1 Å². The molecule has 122 valence electrons. The highest BCUT2D eigenvalue weighted by Crippen LogP contribution is 2.42. The summed E-state index contributed by atoms with van der Waals surface area (Å²) in [5.41, 5.74) is 1.14. The van der Waals surface area contributed by atoms with Crippen LogP contribution in [0.1, 0.15) is 23.3 Å². The van der Waals surface area contributed by atoms with Crippen LogP contribution in [0.2, 0.25) is 0 Å². The number of carbonyl (C=O) groups is 2. The highest BCUT2D eigenvalue weighted by molar-refractivity contribution is 5.97. The molecule has 0 unspecified atom stereocenters. The second kappa shape index (κ2) is 5.70. The maximum atomic E-state index is 12.5. The van der Waals surface area contributed by atoms with Crippen LogP contribution < -0.4 is 4.90 Å². The lowest BCUT2D eigenvalue weighted by molar-refractivity contribution is -0.117. The lowest BCUT2D eigenvalue weighted by Gasteiger charge is -2.24. The number of benzene rings is 1. The molecule has 1 aromatic carbocycles. The van der Waals surface area contributed by atoms with E-state index in [-0.39, 0.29) is 17.2 Å². The molecule has 0 aliphatic carbocycles. The molecule has 1 spiro atoms. The van der Waals surface area contributed by atoms with Gasteiger partial charge in [0.1, 0.15) is 5.69 Å². The molecule has 2 aliphatic heterocycles. The van der Waals surface area contributed by atoms with E-state index >= 15 is 0 Å². The Hall–Kier alpha value is -2.76. The van der Waals surface area contributed by atoms with Gasteiger partial charge < -0.3 is 9.80 Å². The second-order valence-electron chi connectivity index (χ2n) is 6.56. The van der Waals surface area contributed by atoms with E-state index in [1.807, 2.05) is 35.2 Å². The Morgan fingerprint density at radius 1 is 1.12 bits per heavy atom. The third-order valence-corrected chi connectivity index (χ3v) is 4.90. The smallest absolute Gasteiger partial charge is 0.274 e. The van der Waals surface area contributed by atoms with Crippen molar-refractivity contribution in [2.45, 2.75) is 12.8 Å². The topological polar surface area (TPSA) is 66.4 Å². The van der Waals surface area contributed by atoms with Gasteiger partial charge in [-0.15, -0.1) is 0 Å². The summed E-state index contributed by atoms with van der Waals surface area (Å²) in [6, 6.07) is 9.72. The van der Waals surface area contributed by atoms with Gasteiger partial charge in [-0.2, -0.15) is 0 Å². The molecule has 0 bridgehead atoms. The monoisotopic (exact) mass is 322 g/mol. The fourth-order valence-electron chi connectivity index (χ4n) is 3.69. The van der Waals surface area contributed by atoms with E-state index in [9.17, 15) is 9.59 Å². The van der Waals surface area contributed by atoms with Gasteiger partial charge in [-0.1, -0.05) is 18.2 Å². The van der Waals surface area contributed by atoms with E-state index in [0.29, 0.717) is 31.7 Å². The van der Waals surface area contributed by atoms with Crippen molar-refractivity contribution in [1.29, 1.82) is 0 Å². The van der Waals surface area contributed by atoms with Crippen LogP contribution in [0.3, 0.4) is 0 Å². The van der Waals surface area contributed by atoms with Crippen molar-refractivity contribution in [2.75, 3.05) is 24.5 Å². The van der Waals surface area contributed by atoms with E-state index in [2.05, 4.69) is 9.97 Å². The molecule has 1 aromatic heterocycles. The minimum Gasteiger partial charge on any atom is -0.337 e. The van der Waals surface area contributed by atoms with E-state index < -0.39 is 0 Å². The number of hydrogen-bond acceptors (Lipinski definition) is 4. The summed E-state index contributed by atoms with van der Waals surface area (Å²) in [4.78, 5) is 36.7. The van der Waals surface area contributed by atoms with Gasteiger partial charge in [-0.05, 0) is 18.6 Å². The van der Waals surface area contributed by atoms with Crippen LogP contribution in [0.25, 0.3) is 0 Å². The van der Waals surface area contributed by atoms with Crippen molar-refractivity contribution < 1.29 is 9.59 Å². The fraction of sp³-hybridized carbons (Fsp3) is 0.333. The number of carbonyl (C=O) groups excluding carboxylic acids is 2. The zero-order valence-electron chi connectivity index (χ0n) is 13.3. The van der Waals surface area contributed by atoms with E-state index in [4.69, 9.17) is 0 Å². The van der Waals surface area contributed by atoms with Gasteiger partial charge in [-0.25, -0.2) is 4.98 Å². The number of likely N-dealkylation sites (tertiary alicyclic amines) is 1. The van der Waals surface area contributed by atoms with Gasteiger partial charge in [0.05, 0.1) is 6.20 Å². The van der Waals surface area contributed by atoms with Crippen LogP contribution in [0, 0.1) is 5.41 Å². The zero-order valence-corrected chi connectivity index (χ0v) is 13.3. The predicted molar refractivity (Wildman–Crippen MR) is 88.4 cm³/mol. The SMILES string of the molecule is O=C(c1cnccn1)N1CC[C@@]2(CC(=O)N(c3ccccc3)C2)C1. The first-order chi connectivity index (χ1) is 11.7. The minimum absolute atomic E-state index is 0.106. The molecule has 0 radical (unpaired) electrons. The van der Waals surface area contributed by atoms with Gasteiger partial charge in [0.25, 0.3) is 5.91 Å². The molecule has 2 aliphatic rings. The largest absolute Gasteiger partial charge is 0.337 e. The summed E-state index contributed by atoms with van der Waals surface area (Å²) in [6.07, 6.45) is 5.90. The Bertz CT molecular complexity index is 765. The van der Waals surface area contributed by atoms with Crippen molar-refractivity contribution in [3.8, 4) is 0 Å². The lowest BCUT2D eigenvalue weighted by atomic mass is 9.86. The van der Waals surface area contributed by atoms with E-state index in [1.165, 1.54) is 12.4 Å². The van der Waals surface area contributed by atoms with Crippen LogP contribution in [0.4, 0.5) is 5.69 Å². The van der Waals surface area contributed by atoms with Crippen LogP contribution in [-0.4, -0.2) is 46.3 Å². The molecule has 2 aromatic rings. The number of amides is 2. The number of anilines is 1. The highest BCUT2D eigenvalue weighted by Gasteiger charge is 2.48. The van der Waals surface area contributed by atoms with Crippen molar-refractivity contribution in [2.24, 2.45) is 5.41 Å². The van der Waals surface area contributed by atoms with Crippen molar-refractivity contribution in [3.05, 3.63) is 54.6 Å². The summed E-state index contributed by atoms with van der Waals surface area (Å²) >= 11 is 0. The number of hydrogen-bond donors (Lipinski definition) is 0. The zero-order chi connectivity index (χ0) is 16.6. The van der Waals surface area contributed by atoms with Crippen molar-refractivity contribution in [3.63, 3.8) is 0 Å². The van der Waals surface area contributed by atoms with E-state index in [0.717, 1.165) is 12.1 Å². The minimum atomic E-state index is -0.148. The Labute approximate surface area is 140 Å². The molecule has 2 saturated heterocycles. The predicted octanol–water partition coefficient (Wildman–Crippen LogP) is 1.75. The van der Waals surface area contributed by atoms with Gasteiger partial charge in [0.15, 0.2) is 0 Å². The van der Waals surface area contributed by atoms with Crippen molar-refractivity contribution in [1.82, 2.24) is 14.9 Å². The molecule has 1 atom stereocenters. The van der Waals surface area contributed by atoms with Gasteiger partial charge in [-0.3, -0.25) is 14.6 Å². The molecule has 0 saturated carbocycles. The van der Waals surface area contributed by atoms with Gasteiger partial charge >= 0.3 is 0 Å². The molecule has 6 heteroatoms. The average Bonchev–Trinajstić information content (AvgIpc) is 3.19.